The number of phenolic OH excluding ortho intramolecular Hbond substituents is 1. The molecule has 0 saturated heterocycles. The predicted molar refractivity (Wildman–Crippen MR) is 92.1 cm³/mol. The minimum Gasteiger partial charge on any atom is -0.506 e. The van der Waals surface area contributed by atoms with Crippen molar-refractivity contribution in [3.8, 4) is 11.8 Å². The van der Waals surface area contributed by atoms with E-state index in [0.717, 1.165) is 0 Å². The number of aromatic hydroxyl groups is 1. The fourth-order valence-corrected chi connectivity index (χ4v) is 2.94. The molecule has 0 aliphatic carbocycles. The van der Waals surface area contributed by atoms with Crippen molar-refractivity contribution in [3.05, 3.63) is 62.3 Å². The first-order chi connectivity index (χ1) is 10.9. The van der Waals surface area contributed by atoms with Crippen LogP contribution in [0.3, 0.4) is 0 Å². The van der Waals surface area contributed by atoms with E-state index in [2.05, 4.69) is 37.2 Å². The summed E-state index contributed by atoms with van der Waals surface area (Å²) >= 11 is 6.36. The average Bonchev–Trinajstić information content (AvgIpc) is 2.52. The summed E-state index contributed by atoms with van der Waals surface area (Å²) in [6, 6.07) is 10.2. The summed E-state index contributed by atoms with van der Waals surface area (Å²) in [4.78, 5) is 12.1. The minimum absolute atomic E-state index is 0.0245. The van der Waals surface area contributed by atoms with Gasteiger partial charge in [0.1, 0.15) is 23.2 Å². The van der Waals surface area contributed by atoms with Gasteiger partial charge in [0.05, 0.1) is 8.95 Å². The van der Waals surface area contributed by atoms with Crippen LogP contribution in [0, 0.1) is 17.1 Å². The van der Waals surface area contributed by atoms with Gasteiger partial charge in [-0.1, -0.05) is 0 Å². The van der Waals surface area contributed by atoms with Crippen molar-refractivity contribution in [2.45, 2.75) is 0 Å². The first-order valence-corrected chi connectivity index (χ1v) is 7.86. The topological polar surface area (TPSA) is 73.1 Å². The van der Waals surface area contributed by atoms with Crippen LogP contribution >= 0.6 is 31.9 Å². The minimum atomic E-state index is -0.612. The number of nitriles is 1. The molecule has 4 nitrogen and oxygen atoms in total. The number of hydrogen-bond acceptors (Lipinski definition) is 3. The molecule has 0 bridgehead atoms. The molecule has 0 aliphatic rings. The molecule has 0 aromatic heterocycles. The summed E-state index contributed by atoms with van der Waals surface area (Å²) in [6.45, 7) is 0. The van der Waals surface area contributed by atoms with Crippen LogP contribution in [0.5, 0.6) is 5.75 Å². The molecule has 2 aromatic carbocycles. The number of nitrogens with zero attached hydrogens (tertiary/aromatic N) is 1. The van der Waals surface area contributed by atoms with Crippen LogP contribution in [0.4, 0.5) is 10.1 Å². The SMILES string of the molecule is N#C/C(=C\c1cc(Br)c(O)c(Br)c1)C(=O)Nc1ccc(F)cc1. The number of hydrogen-bond donors (Lipinski definition) is 2. The van der Waals surface area contributed by atoms with Crippen molar-refractivity contribution in [1.82, 2.24) is 0 Å². The number of amides is 1. The third kappa shape index (κ3) is 4.41. The molecule has 0 spiro atoms. The molecule has 2 rings (SSSR count). The molecule has 2 aromatic rings. The van der Waals surface area contributed by atoms with Crippen molar-refractivity contribution in [2.75, 3.05) is 5.32 Å². The van der Waals surface area contributed by atoms with Crippen molar-refractivity contribution < 1.29 is 14.3 Å². The molecule has 116 valence electrons. The summed E-state index contributed by atoms with van der Waals surface area (Å²) in [5.74, 6) is -1.01. The number of carbonyl (C=O) groups is 1. The Kier molecular flexibility index (Phi) is 5.53. The Morgan fingerprint density at radius 3 is 2.30 bits per heavy atom. The maximum Gasteiger partial charge on any atom is 0.266 e. The van der Waals surface area contributed by atoms with Crippen molar-refractivity contribution >= 4 is 49.5 Å². The van der Waals surface area contributed by atoms with E-state index in [-0.39, 0.29) is 11.3 Å². The lowest BCUT2D eigenvalue weighted by molar-refractivity contribution is -0.112. The average molecular weight is 440 g/mol. The first kappa shape index (κ1) is 17.2. The molecule has 0 radical (unpaired) electrons. The maximum absolute atomic E-state index is 12.8. The maximum atomic E-state index is 12.8. The number of phenols is 1. The summed E-state index contributed by atoms with van der Waals surface area (Å²) in [5, 5.41) is 21.3. The smallest absolute Gasteiger partial charge is 0.266 e. The third-order valence-electron chi connectivity index (χ3n) is 2.82. The van der Waals surface area contributed by atoms with Gasteiger partial charge in [-0.05, 0) is 79.9 Å². The highest BCUT2D eigenvalue weighted by molar-refractivity contribution is 9.11. The van der Waals surface area contributed by atoms with E-state index in [1.165, 1.54) is 30.3 Å². The zero-order valence-electron chi connectivity index (χ0n) is 11.5. The van der Waals surface area contributed by atoms with Gasteiger partial charge in [0, 0.05) is 5.69 Å². The second-order valence-corrected chi connectivity index (χ2v) is 6.17. The Balaban J connectivity index is 2.26. The molecule has 1 amide bonds. The van der Waals surface area contributed by atoms with Crippen molar-refractivity contribution in [3.63, 3.8) is 0 Å². The number of carbonyl (C=O) groups excluding carboxylic acids is 1. The molecule has 0 fully saturated rings. The second-order valence-electron chi connectivity index (χ2n) is 4.46. The van der Waals surface area contributed by atoms with Gasteiger partial charge in [0.25, 0.3) is 5.91 Å². The molecule has 0 atom stereocenters. The highest BCUT2D eigenvalue weighted by Crippen LogP contribution is 2.34. The van der Waals surface area contributed by atoms with Crippen LogP contribution in [0.2, 0.25) is 0 Å². The number of benzene rings is 2. The van der Waals surface area contributed by atoms with Gasteiger partial charge in [0.15, 0.2) is 0 Å². The molecule has 7 heteroatoms. The Hall–Kier alpha value is -2.17. The van der Waals surface area contributed by atoms with E-state index >= 15 is 0 Å². The van der Waals surface area contributed by atoms with Crippen molar-refractivity contribution in [2.24, 2.45) is 0 Å². The van der Waals surface area contributed by atoms with Gasteiger partial charge >= 0.3 is 0 Å². The number of rotatable bonds is 3. The monoisotopic (exact) mass is 438 g/mol. The van der Waals surface area contributed by atoms with Crippen LogP contribution < -0.4 is 5.32 Å². The lowest BCUT2D eigenvalue weighted by atomic mass is 10.1. The first-order valence-electron chi connectivity index (χ1n) is 6.27. The van der Waals surface area contributed by atoms with E-state index in [0.29, 0.717) is 20.2 Å². The Morgan fingerprint density at radius 1 is 1.22 bits per heavy atom. The lowest BCUT2D eigenvalue weighted by Crippen LogP contribution is -2.13. The molecule has 0 aliphatic heterocycles. The van der Waals surface area contributed by atoms with E-state index in [4.69, 9.17) is 5.26 Å². The van der Waals surface area contributed by atoms with Gasteiger partial charge in [-0.3, -0.25) is 4.79 Å². The Labute approximate surface area is 148 Å². The molecular weight excluding hydrogens is 431 g/mol. The molecule has 0 unspecified atom stereocenters. The molecule has 2 N–H and O–H groups in total. The van der Waals surface area contributed by atoms with Crippen LogP contribution in [0.25, 0.3) is 6.08 Å². The number of halogens is 3. The zero-order chi connectivity index (χ0) is 17.0. The third-order valence-corrected chi connectivity index (χ3v) is 4.03. The second kappa shape index (κ2) is 7.40. The van der Waals surface area contributed by atoms with Crippen LogP contribution in [-0.2, 0) is 4.79 Å². The van der Waals surface area contributed by atoms with E-state index in [1.54, 1.807) is 12.1 Å². The van der Waals surface area contributed by atoms with Crippen LogP contribution in [-0.4, -0.2) is 11.0 Å². The zero-order valence-corrected chi connectivity index (χ0v) is 14.7. The van der Waals surface area contributed by atoms with Gasteiger partial charge < -0.3 is 10.4 Å². The summed E-state index contributed by atoms with van der Waals surface area (Å²) in [7, 11) is 0. The quantitative estimate of drug-likeness (QED) is 0.542. The number of nitrogens with one attached hydrogen (secondary N) is 1. The van der Waals surface area contributed by atoms with Crippen LogP contribution in [0.1, 0.15) is 5.56 Å². The van der Waals surface area contributed by atoms with E-state index in [1.807, 2.05) is 6.07 Å². The largest absolute Gasteiger partial charge is 0.506 e. The van der Waals surface area contributed by atoms with Gasteiger partial charge in [-0.25, -0.2) is 4.39 Å². The Morgan fingerprint density at radius 2 is 1.78 bits per heavy atom. The molecular formula is C16H9Br2FN2O2. The fourth-order valence-electron chi connectivity index (χ4n) is 1.72. The predicted octanol–water partition coefficient (Wildman–Crippen LogP) is 4.60. The van der Waals surface area contributed by atoms with Crippen molar-refractivity contribution in [1.29, 1.82) is 5.26 Å². The number of anilines is 1. The molecule has 23 heavy (non-hydrogen) atoms. The standard InChI is InChI=1S/C16H9Br2FN2O2/c17-13-6-9(7-14(18)15(13)22)5-10(8-20)16(23)21-12-3-1-11(19)2-4-12/h1-7,22H,(H,21,23)/b10-5+. The van der Waals surface area contributed by atoms with Gasteiger partial charge in [-0.2, -0.15) is 5.26 Å². The van der Waals surface area contributed by atoms with Gasteiger partial charge in [-0.15, -0.1) is 0 Å². The normalized spacial score (nSPS) is 11.0. The van der Waals surface area contributed by atoms with Crippen LogP contribution in [0.15, 0.2) is 50.9 Å². The Bertz CT molecular complexity index is 804. The van der Waals surface area contributed by atoms with E-state index in [9.17, 15) is 14.3 Å². The summed E-state index contributed by atoms with van der Waals surface area (Å²) < 4.78 is 13.7. The highest BCUT2D eigenvalue weighted by Gasteiger charge is 2.11. The highest BCUT2D eigenvalue weighted by atomic mass is 79.9. The summed E-state index contributed by atoms with van der Waals surface area (Å²) in [6.07, 6.45) is 1.38. The summed E-state index contributed by atoms with van der Waals surface area (Å²) in [5.41, 5.74) is 0.803. The lowest BCUT2D eigenvalue weighted by Gasteiger charge is -2.05. The fraction of sp³-hybridized carbons (Fsp3) is 0. The molecule has 0 saturated carbocycles. The molecule has 0 heterocycles. The van der Waals surface area contributed by atoms with E-state index < -0.39 is 11.7 Å². The van der Waals surface area contributed by atoms with Gasteiger partial charge in [0.2, 0.25) is 0 Å².